The summed E-state index contributed by atoms with van der Waals surface area (Å²) in [4.78, 5) is 29.2. The molecule has 0 aliphatic carbocycles. The van der Waals surface area contributed by atoms with E-state index in [1.807, 2.05) is 25.1 Å². The molecule has 1 amide bonds. The van der Waals surface area contributed by atoms with Crippen LogP contribution in [0.2, 0.25) is 0 Å². The largest absolute Gasteiger partial charge is 0.487 e. The summed E-state index contributed by atoms with van der Waals surface area (Å²) in [6.45, 7) is 2.06. The van der Waals surface area contributed by atoms with Crippen molar-refractivity contribution in [2.24, 2.45) is 0 Å². The van der Waals surface area contributed by atoms with Crippen molar-refractivity contribution in [2.75, 3.05) is 5.32 Å². The molecule has 0 atom stereocenters. The van der Waals surface area contributed by atoms with E-state index in [1.54, 1.807) is 48.7 Å². The quantitative estimate of drug-likeness (QED) is 0.469. The minimum absolute atomic E-state index is 0.143. The second-order valence-electron chi connectivity index (χ2n) is 6.80. The van der Waals surface area contributed by atoms with Gasteiger partial charge in [0.15, 0.2) is 0 Å². The van der Waals surface area contributed by atoms with E-state index in [-0.39, 0.29) is 18.1 Å². The zero-order valence-corrected chi connectivity index (χ0v) is 17.7. The van der Waals surface area contributed by atoms with Gasteiger partial charge in [0.1, 0.15) is 18.0 Å². The number of ether oxygens (including phenoxy) is 1. The van der Waals surface area contributed by atoms with Crippen molar-refractivity contribution in [1.82, 2.24) is 9.38 Å². The van der Waals surface area contributed by atoms with Gasteiger partial charge in [0.2, 0.25) is 0 Å². The highest BCUT2D eigenvalue weighted by molar-refractivity contribution is 9.10. The topological polar surface area (TPSA) is 72.7 Å². The van der Waals surface area contributed by atoms with Gasteiger partial charge >= 0.3 is 0 Å². The summed E-state index contributed by atoms with van der Waals surface area (Å²) in [6, 6.07) is 19.4. The number of aromatic nitrogens is 2. The van der Waals surface area contributed by atoms with Crippen molar-refractivity contribution in [1.29, 1.82) is 0 Å². The summed E-state index contributed by atoms with van der Waals surface area (Å²) in [5.41, 5.74) is 3.11. The van der Waals surface area contributed by atoms with Crippen molar-refractivity contribution in [3.63, 3.8) is 0 Å². The van der Waals surface area contributed by atoms with Crippen LogP contribution < -0.4 is 15.6 Å². The molecule has 0 unspecified atom stereocenters. The standard InChI is InChI=1S/C23H18BrN3O3/c1-15-5-10-21-25-19(12-22(28)27(21)13-15)14-30-20-4-2-3-18(11-20)26-23(29)16-6-8-17(24)9-7-16/h2-13H,14H2,1H3,(H,26,29). The minimum atomic E-state index is -0.209. The Labute approximate surface area is 181 Å². The molecule has 0 spiro atoms. The summed E-state index contributed by atoms with van der Waals surface area (Å²) in [5, 5.41) is 2.85. The summed E-state index contributed by atoms with van der Waals surface area (Å²) in [6.07, 6.45) is 1.76. The Morgan fingerprint density at radius 2 is 1.90 bits per heavy atom. The van der Waals surface area contributed by atoms with Gasteiger partial charge in [-0.25, -0.2) is 4.98 Å². The molecule has 4 rings (SSSR count). The molecule has 0 saturated carbocycles. The second-order valence-corrected chi connectivity index (χ2v) is 7.71. The highest BCUT2D eigenvalue weighted by Crippen LogP contribution is 2.20. The fourth-order valence-corrected chi connectivity index (χ4v) is 3.22. The normalized spacial score (nSPS) is 10.7. The number of amides is 1. The molecule has 7 heteroatoms. The molecule has 0 aliphatic rings. The molecule has 2 aromatic carbocycles. The zero-order chi connectivity index (χ0) is 21.1. The van der Waals surface area contributed by atoms with Crippen LogP contribution >= 0.6 is 15.9 Å². The number of anilines is 1. The van der Waals surface area contributed by atoms with Gasteiger partial charge in [0, 0.05) is 34.1 Å². The van der Waals surface area contributed by atoms with Crippen LogP contribution in [0.15, 0.2) is 82.2 Å². The van der Waals surface area contributed by atoms with Crippen LogP contribution in [0.3, 0.4) is 0 Å². The number of hydrogen-bond acceptors (Lipinski definition) is 4. The van der Waals surface area contributed by atoms with Crippen LogP contribution in [0.4, 0.5) is 5.69 Å². The first-order valence-electron chi connectivity index (χ1n) is 9.27. The Kier molecular flexibility index (Phi) is 5.63. The molecule has 0 radical (unpaired) electrons. The molecular weight excluding hydrogens is 446 g/mol. The summed E-state index contributed by atoms with van der Waals surface area (Å²) in [7, 11) is 0. The van der Waals surface area contributed by atoms with Crippen LogP contribution in [0, 0.1) is 6.92 Å². The van der Waals surface area contributed by atoms with E-state index in [4.69, 9.17) is 4.74 Å². The fourth-order valence-electron chi connectivity index (χ4n) is 2.96. The Balaban J connectivity index is 1.46. The van der Waals surface area contributed by atoms with Gasteiger partial charge in [-0.05, 0) is 55.0 Å². The van der Waals surface area contributed by atoms with Gasteiger partial charge < -0.3 is 10.1 Å². The molecule has 6 nitrogen and oxygen atoms in total. The molecule has 0 bridgehead atoms. The van der Waals surface area contributed by atoms with Crippen LogP contribution in [0.1, 0.15) is 21.6 Å². The molecule has 150 valence electrons. The maximum absolute atomic E-state index is 12.4. The van der Waals surface area contributed by atoms with Crippen molar-refractivity contribution in [2.45, 2.75) is 13.5 Å². The van der Waals surface area contributed by atoms with E-state index in [2.05, 4.69) is 26.2 Å². The Bertz CT molecular complexity index is 1280. The van der Waals surface area contributed by atoms with Crippen molar-refractivity contribution < 1.29 is 9.53 Å². The first-order valence-corrected chi connectivity index (χ1v) is 10.1. The van der Waals surface area contributed by atoms with Crippen molar-refractivity contribution in [3.8, 4) is 5.75 Å². The molecule has 2 heterocycles. The van der Waals surface area contributed by atoms with Crippen molar-refractivity contribution in [3.05, 3.63) is 105 Å². The third-order valence-electron chi connectivity index (χ3n) is 4.45. The number of benzene rings is 2. The van der Waals surface area contributed by atoms with Crippen LogP contribution in [0.5, 0.6) is 5.75 Å². The molecule has 4 aromatic rings. The summed E-state index contributed by atoms with van der Waals surface area (Å²) in [5.74, 6) is 0.355. The van der Waals surface area contributed by atoms with Gasteiger partial charge in [0.25, 0.3) is 11.5 Å². The maximum Gasteiger partial charge on any atom is 0.258 e. The van der Waals surface area contributed by atoms with Gasteiger partial charge in [0.05, 0.1) is 5.69 Å². The molecule has 1 N–H and O–H groups in total. The number of rotatable bonds is 5. The number of aryl methyl sites for hydroxylation is 1. The van der Waals surface area contributed by atoms with E-state index < -0.39 is 0 Å². The number of carbonyl (C=O) groups is 1. The third-order valence-corrected chi connectivity index (χ3v) is 4.97. The number of fused-ring (bicyclic) bond motifs is 1. The maximum atomic E-state index is 12.4. The first-order chi connectivity index (χ1) is 14.5. The number of hydrogen-bond donors (Lipinski definition) is 1. The highest BCUT2D eigenvalue weighted by Gasteiger charge is 2.08. The molecule has 0 saturated heterocycles. The lowest BCUT2D eigenvalue weighted by atomic mass is 10.2. The first kappa shape index (κ1) is 19.8. The van der Waals surface area contributed by atoms with E-state index in [0.29, 0.717) is 28.3 Å². The lowest BCUT2D eigenvalue weighted by Gasteiger charge is -2.10. The monoisotopic (exact) mass is 463 g/mol. The number of nitrogens with one attached hydrogen (secondary N) is 1. The SMILES string of the molecule is Cc1ccc2nc(COc3cccc(NC(=O)c4ccc(Br)cc4)c3)cc(=O)n2c1. The smallest absolute Gasteiger partial charge is 0.258 e. The Morgan fingerprint density at radius 1 is 1.10 bits per heavy atom. The highest BCUT2D eigenvalue weighted by atomic mass is 79.9. The summed E-state index contributed by atoms with van der Waals surface area (Å²) < 4.78 is 8.22. The van der Waals surface area contributed by atoms with Crippen molar-refractivity contribution >= 4 is 33.2 Å². The number of pyridine rings is 1. The van der Waals surface area contributed by atoms with E-state index in [1.165, 1.54) is 10.5 Å². The number of halogens is 1. The Morgan fingerprint density at radius 3 is 2.70 bits per heavy atom. The fraction of sp³-hybridized carbons (Fsp3) is 0.0870. The molecule has 0 aliphatic heterocycles. The van der Waals surface area contributed by atoms with Gasteiger partial charge in [-0.3, -0.25) is 14.0 Å². The van der Waals surface area contributed by atoms with Gasteiger partial charge in [-0.1, -0.05) is 28.1 Å². The van der Waals surface area contributed by atoms with Crippen LogP contribution in [-0.2, 0) is 6.61 Å². The van der Waals surface area contributed by atoms with E-state index in [9.17, 15) is 9.59 Å². The van der Waals surface area contributed by atoms with E-state index in [0.717, 1.165) is 10.0 Å². The van der Waals surface area contributed by atoms with E-state index >= 15 is 0 Å². The predicted molar refractivity (Wildman–Crippen MR) is 119 cm³/mol. The molecule has 30 heavy (non-hydrogen) atoms. The summed E-state index contributed by atoms with van der Waals surface area (Å²) >= 11 is 3.35. The van der Waals surface area contributed by atoms with Crippen LogP contribution in [0.25, 0.3) is 5.65 Å². The van der Waals surface area contributed by atoms with Crippen LogP contribution in [-0.4, -0.2) is 15.3 Å². The molecule has 0 fully saturated rings. The lowest BCUT2D eigenvalue weighted by molar-refractivity contribution is 0.102. The van der Waals surface area contributed by atoms with Gasteiger partial charge in [-0.2, -0.15) is 0 Å². The third kappa shape index (κ3) is 4.58. The van der Waals surface area contributed by atoms with Gasteiger partial charge in [-0.15, -0.1) is 0 Å². The zero-order valence-electron chi connectivity index (χ0n) is 16.1. The second kappa shape index (κ2) is 8.51. The average molecular weight is 464 g/mol. The Hall–Kier alpha value is -3.45. The number of nitrogens with zero attached hydrogens (tertiary/aromatic N) is 2. The number of carbonyl (C=O) groups excluding carboxylic acids is 1. The predicted octanol–water partition coefficient (Wildman–Crippen LogP) is 4.60. The molecule has 2 aromatic heterocycles. The molecular formula is C23H18BrN3O3. The average Bonchev–Trinajstić information content (AvgIpc) is 2.73. The lowest BCUT2D eigenvalue weighted by Crippen LogP contribution is -2.16. The minimum Gasteiger partial charge on any atom is -0.487 e.